The third kappa shape index (κ3) is 1.65. The van der Waals surface area contributed by atoms with Crippen LogP contribution in [0.2, 0.25) is 5.15 Å². The molecular weight excluding hydrogens is 217 g/mol. The molecular formula is C5H5BrClN3. The Morgan fingerprint density at radius 3 is 2.90 bits per heavy atom. The van der Waals surface area contributed by atoms with Gasteiger partial charge in [0, 0.05) is 6.54 Å². The lowest BCUT2D eigenvalue weighted by molar-refractivity contribution is 0.951. The molecule has 0 unspecified atom stereocenters. The van der Waals surface area contributed by atoms with Crippen LogP contribution in [0.3, 0.4) is 0 Å². The predicted octanol–water partition coefficient (Wildman–Crippen LogP) is 1.35. The number of halogens is 2. The minimum absolute atomic E-state index is 0.311. The zero-order valence-electron chi connectivity index (χ0n) is 5.01. The molecule has 5 heteroatoms. The summed E-state index contributed by atoms with van der Waals surface area (Å²) < 4.78 is 0.650. The summed E-state index contributed by atoms with van der Waals surface area (Å²) >= 11 is 8.77. The van der Waals surface area contributed by atoms with Gasteiger partial charge in [0.25, 0.3) is 0 Å². The van der Waals surface area contributed by atoms with Crippen molar-refractivity contribution in [1.29, 1.82) is 0 Å². The molecule has 0 aromatic carbocycles. The predicted molar refractivity (Wildman–Crippen MR) is 42.6 cm³/mol. The molecule has 0 atom stereocenters. The molecule has 0 saturated carbocycles. The summed E-state index contributed by atoms with van der Waals surface area (Å²) in [7, 11) is 0. The standard InChI is InChI=1S/C5H5BrClN3/c6-4-2-9-5(7)3(1-8)10-4/h2H,1,8H2. The highest BCUT2D eigenvalue weighted by Crippen LogP contribution is 2.12. The van der Waals surface area contributed by atoms with Crippen LogP contribution >= 0.6 is 27.5 Å². The van der Waals surface area contributed by atoms with Crippen molar-refractivity contribution >= 4 is 27.5 Å². The van der Waals surface area contributed by atoms with Crippen LogP contribution in [0.15, 0.2) is 10.8 Å². The van der Waals surface area contributed by atoms with Gasteiger partial charge in [-0.3, -0.25) is 0 Å². The first-order chi connectivity index (χ1) is 4.74. The summed E-state index contributed by atoms with van der Waals surface area (Å²) in [5.74, 6) is 0. The number of nitrogens with two attached hydrogens (primary N) is 1. The van der Waals surface area contributed by atoms with Crippen LogP contribution in [-0.4, -0.2) is 9.97 Å². The minimum atomic E-state index is 0.311. The Kier molecular flexibility index (Phi) is 2.59. The second kappa shape index (κ2) is 3.27. The largest absolute Gasteiger partial charge is 0.325 e. The van der Waals surface area contributed by atoms with Crippen molar-refractivity contribution in [3.63, 3.8) is 0 Å². The lowest BCUT2D eigenvalue weighted by atomic mass is 10.5. The SMILES string of the molecule is NCc1nc(Br)cnc1Cl. The molecule has 1 aromatic rings. The maximum Gasteiger partial charge on any atom is 0.151 e. The van der Waals surface area contributed by atoms with Gasteiger partial charge >= 0.3 is 0 Å². The van der Waals surface area contributed by atoms with Crippen molar-refractivity contribution in [3.8, 4) is 0 Å². The molecule has 0 aliphatic carbocycles. The van der Waals surface area contributed by atoms with E-state index in [0.29, 0.717) is 22.0 Å². The third-order valence-corrected chi connectivity index (χ3v) is 1.66. The van der Waals surface area contributed by atoms with Gasteiger partial charge in [-0.2, -0.15) is 0 Å². The molecule has 10 heavy (non-hydrogen) atoms. The molecule has 0 fully saturated rings. The molecule has 2 N–H and O–H groups in total. The summed E-state index contributed by atoms with van der Waals surface area (Å²) in [5, 5.41) is 0.366. The van der Waals surface area contributed by atoms with E-state index in [1.807, 2.05) is 0 Å². The van der Waals surface area contributed by atoms with E-state index in [-0.39, 0.29) is 0 Å². The van der Waals surface area contributed by atoms with E-state index >= 15 is 0 Å². The van der Waals surface area contributed by atoms with Crippen LogP contribution in [0.1, 0.15) is 5.69 Å². The Hall–Kier alpha value is -0.190. The fourth-order valence-electron chi connectivity index (χ4n) is 0.518. The minimum Gasteiger partial charge on any atom is -0.325 e. The van der Waals surface area contributed by atoms with Gasteiger partial charge in [-0.25, -0.2) is 9.97 Å². The van der Waals surface area contributed by atoms with E-state index < -0.39 is 0 Å². The maximum absolute atomic E-state index is 5.62. The van der Waals surface area contributed by atoms with Crippen molar-refractivity contribution < 1.29 is 0 Å². The van der Waals surface area contributed by atoms with Gasteiger partial charge in [-0.15, -0.1) is 0 Å². The Bertz CT molecular complexity index is 240. The zero-order valence-corrected chi connectivity index (χ0v) is 7.35. The molecule has 1 rings (SSSR count). The van der Waals surface area contributed by atoms with Crippen molar-refractivity contribution in [2.45, 2.75) is 6.54 Å². The van der Waals surface area contributed by atoms with Gasteiger partial charge in [0.15, 0.2) is 5.15 Å². The fraction of sp³-hybridized carbons (Fsp3) is 0.200. The first-order valence-corrected chi connectivity index (χ1v) is 3.78. The monoisotopic (exact) mass is 221 g/mol. The third-order valence-electron chi connectivity index (χ3n) is 0.958. The van der Waals surface area contributed by atoms with Gasteiger partial charge in [0.05, 0.1) is 11.9 Å². The molecule has 1 heterocycles. The molecule has 0 aliphatic rings. The molecule has 0 saturated heterocycles. The molecule has 0 amide bonds. The number of rotatable bonds is 1. The Labute approximate surface area is 71.7 Å². The van der Waals surface area contributed by atoms with Gasteiger partial charge in [0.1, 0.15) is 4.60 Å². The van der Waals surface area contributed by atoms with E-state index in [4.69, 9.17) is 17.3 Å². The van der Waals surface area contributed by atoms with Crippen molar-refractivity contribution in [2.24, 2.45) is 5.73 Å². The van der Waals surface area contributed by atoms with E-state index in [0.717, 1.165) is 0 Å². The highest BCUT2D eigenvalue weighted by molar-refractivity contribution is 9.10. The van der Waals surface area contributed by atoms with Crippen LogP contribution in [0.4, 0.5) is 0 Å². The smallest absolute Gasteiger partial charge is 0.151 e. The van der Waals surface area contributed by atoms with E-state index in [1.54, 1.807) is 0 Å². The zero-order chi connectivity index (χ0) is 7.56. The van der Waals surface area contributed by atoms with E-state index in [2.05, 4.69) is 25.9 Å². The second-order valence-electron chi connectivity index (χ2n) is 1.63. The number of hydrogen-bond donors (Lipinski definition) is 1. The highest BCUT2D eigenvalue weighted by atomic mass is 79.9. The summed E-state index contributed by atoms with van der Waals surface area (Å²) in [6.07, 6.45) is 1.53. The fourth-order valence-corrected chi connectivity index (χ4v) is 1.00. The van der Waals surface area contributed by atoms with Crippen LogP contribution in [-0.2, 0) is 6.54 Å². The number of aromatic nitrogens is 2. The lowest BCUT2D eigenvalue weighted by Gasteiger charge is -1.97. The van der Waals surface area contributed by atoms with Crippen molar-refractivity contribution in [2.75, 3.05) is 0 Å². The highest BCUT2D eigenvalue weighted by Gasteiger charge is 2.00. The molecule has 0 bridgehead atoms. The molecule has 3 nitrogen and oxygen atoms in total. The Balaban J connectivity index is 3.09. The first-order valence-electron chi connectivity index (χ1n) is 2.61. The average molecular weight is 222 g/mol. The first kappa shape index (κ1) is 7.91. The topological polar surface area (TPSA) is 51.8 Å². The molecule has 0 aliphatic heterocycles. The van der Waals surface area contributed by atoms with Crippen LogP contribution < -0.4 is 5.73 Å². The molecule has 1 aromatic heterocycles. The Morgan fingerprint density at radius 2 is 2.40 bits per heavy atom. The van der Waals surface area contributed by atoms with Crippen molar-refractivity contribution in [1.82, 2.24) is 9.97 Å². The Morgan fingerprint density at radius 1 is 1.70 bits per heavy atom. The summed E-state index contributed by atoms with van der Waals surface area (Å²) in [5.41, 5.74) is 5.92. The normalized spacial score (nSPS) is 9.90. The number of hydrogen-bond acceptors (Lipinski definition) is 3. The van der Waals surface area contributed by atoms with Crippen molar-refractivity contribution in [3.05, 3.63) is 21.6 Å². The summed E-state index contributed by atoms with van der Waals surface area (Å²) in [6, 6.07) is 0. The summed E-state index contributed by atoms with van der Waals surface area (Å²) in [6.45, 7) is 0.311. The lowest BCUT2D eigenvalue weighted by Crippen LogP contribution is -2.01. The quantitative estimate of drug-likeness (QED) is 0.780. The molecule has 0 radical (unpaired) electrons. The van der Waals surface area contributed by atoms with Crippen LogP contribution in [0.5, 0.6) is 0 Å². The number of nitrogens with zero attached hydrogens (tertiary/aromatic N) is 2. The summed E-state index contributed by atoms with van der Waals surface area (Å²) in [4.78, 5) is 7.81. The van der Waals surface area contributed by atoms with Gasteiger partial charge in [-0.1, -0.05) is 11.6 Å². The molecule has 0 spiro atoms. The molecule has 54 valence electrons. The maximum atomic E-state index is 5.62. The van der Waals surface area contributed by atoms with Gasteiger partial charge < -0.3 is 5.73 Å². The van der Waals surface area contributed by atoms with Crippen LogP contribution in [0.25, 0.3) is 0 Å². The average Bonchev–Trinajstić information content (AvgIpc) is 1.94. The van der Waals surface area contributed by atoms with E-state index in [9.17, 15) is 0 Å². The van der Waals surface area contributed by atoms with Crippen LogP contribution in [0, 0.1) is 0 Å². The van der Waals surface area contributed by atoms with Gasteiger partial charge in [0.2, 0.25) is 0 Å². The second-order valence-corrected chi connectivity index (χ2v) is 2.80. The van der Waals surface area contributed by atoms with Gasteiger partial charge in [-0.05, 0) is 15.9 Å². The van der Waals surface area contributed by atoms with E-state index in [1.165, 1.54) is 6.20 Å².